The largest absolute Gasteiger partial charge is 0.280 e. The monoisotopic (exact) mass is 337 g/mol. The maximum Gasteiger partial charge on any atom is 0.261 e. The van der Waals surface area contributed by atoms with Crippen molar-refractivity contribution in [3.63, 3.8) is 0 Å². The second-order valence-corrected chi connectivity index (χ2v) is 7.47. The van der Waals surface area contributed by atoms with Crippen LogP contribution in [0.3, 0.4) is 0 Å². The van der Waals surface area contributed by atoms with E-state index in [1.54, 1.807) is 24.3 Å². The van der Waals surface area contributed by atoms with E-state index in [9.17, 15) is 8.42 Å². The fourth-order valence-corrected chi connectivity index (χ4v) is 3.73. The molecule has 0 fully saturated rings. The zero-order chi connectivity index (χ0) is 17.0. The Kier molecular flexibility index (Phi) is 4.67. The lowest BCUT2D eigenvalue weighted by Gasteiger charge is -2.10. The molecule has 0 saturated heterocycles. The van der Waals surface area contributed by atoms with Crippen molar-refractivity contribution in [2.24, 2.45) is 0 Å². The average Bonchev–Trinajstić information content (AvgIpc) is 2.56. The highest BCUT2D eigenvalue weighted by atomic mass is 32.2. The van der Waals surface area contributed by atoms with Gasteiger partial charge in [-0.25, -0.2) is 8.42 Å². The van der Waals surface area contributed by atoms with Gasteiger partial charge in [-0.1, -0.05) is 54.6 Å². The molecule has 3 rings (SSSR count). The van der Waals surface area contributed by atoms with Crippen LogP contribution in [-0.2, 0) is 16.4 Å². The van der Waals surface area contributed by atoms with E-state index in [1.807, 2.05) is 49.4 Å². The summed E-state index contributed by atoms with van der Waals surface area (Å²) in [5, 5.41) is 0. The van der Waals surface area contributed by atoms with Gasteiger partial charge in [-0.15, -0.1) is 0 Å². The summed E-state index contributed by atoms with van der Waals surface area (Å²) in [4.78, 5) is 0.274. The zero-order valence-electron chi connectivity index (χ0n) is 13.4. The molecular weight excluding hydrogens is 318 g/mol. The van der Waals surface area contributed by atoms with Crippen molar-refractivity contribution in [2.75, 3.05) is 4.72 Å². The SMILES string of the molecule is Cc1cccc(S(=O)(=O)Nc2cccc(Cc3ccccc3)c2)c1. The molecule has 0 amide bonds. The maximum atomic E-state index is 12.5. The Morgan fingerprint density at radius 1 is 0.792 bits per heavy atom. The number of nitrogens with one attached hydrogen (secondary N) is 1. The Morgan fingerprint density at radius 2 is 1.50 bits per heavy atom. The van der Waals surface area contributed by atoms with Crippen molar-refractivity contribution in [1.29, 1.82) is 0 Å². The minimum atomic E-state index is -3.58. The third-order valence-electron chi connectivity index (χ3n) is 3.73. The van der Waals surface area contributed by atoms with E-state index < -0.39 is 10.0 Å². The van der Waals surface area contributed by atoms with Gasteiger partial charge in [0.15, 0.2) is 0 Å². The minimum Gasteiger partial charge on any atom is -0.280 e. The summed E-state index contributed by atoms with van der Waals surface area (Å²) in [5.41, 5.74) is 3.74. The fraction of sp³-hybridized carbons (Fsp3) is 0.100. The van der Waals surface area contributed by atoms with E-state index in [2.05, 4.69) is 16.9 Å². The zero-order valence-corrected chi connectivity index (χ0v) is 14.3. The number of aryl methyl sites for hydroxylation is 1. The first kappa shape index (κ1) is 16.3. The lowest BCUT2D eigenvalue weighted by atomic mass is 10.0. The Balaban J connectivity index is 1.82. The number of hydrogen-bond donors (Lipinski definition) is 1. The van der Waals surface area contributed by atoms with Crippen LogP contribution in [0.25, 0.3) is 0 Å². The first-order valence-corrected chi connectivity index (χ1v) is 9.24. The lowest BCUT2D eigenvalue weighted by Crippen LogP contribution is -2.13. The topological polar surface area (TPSA) is 46.2 Å². The number of rotatable bonds is 5. The molecule has 0 aliphatic rings. The molecule has 1 N–H and O–H groups in total. The van der Waals surface area contributed by atoms with Crippen LogP contribution in [0, 0.1) is 6.92 Å². The standard InChI is InChI=1S/C20H19NO2S/c1-16-7-5-12-20(13-16)24(22,23)21-19-11-6-10-18(15-19)14-17-8-3-2-4-9-17/h2-13,15,21H,14H2,1H3. The quantitative estimate of drug-likeness (QED) is 0.751. The molecule has 0 saturated carbocycles. The van der Waals surface area contributed by atoms with E-state index in [4.69, 9.17) is 0 Å². The van der Waals surface area contributed by atoms with Gasteiger partial charge in [-0.05, 0) is 54.3 Å². The van der Waals surface area contributed by atoms with Gasteiger partial charge >= 0.3 is 0 Å². The predicted molar refractivity (Wildman–Crippen MR) is 97.7 cm³/mol. The van der Waals surface area contributed by atoms with Gasteiger partial charge in [0, 0.05) is 5.69 Å². The second-order valence-electron chi connectivity index (χ2n) is 5.78. The molecule has 0 unspecified atom stereocenters. The van der Waals surface area contributed by atoms with E-state index in [0.717, 1.165) is 17.5 Å². The van der Waals surface area contributed by atoms with Crippen molar-refractivity contribution in [1.82, 2.24) is 0 Å². The first-order valence-electron chi connectivity index (χ1n) is 7.75. The molecule has 3 nitrogen and oxygen atoms in total. The predicted octanol–water partition coefficient (Wildman–Crippen LogP) is 4.39. The summed E-state index contributed by atoms with van der Waals surface area (Å²) in [7, 11) is -3.58. The fourth-order valence-electron chi connectivity index (χ4n) is 2.57. The van der Waals surface area contributed by atoms with Crippen LogP contribution >= 0.6 is 0 Å². The highest BCUT2D eigenvalue weighted by Gasteiger charge is 2.14. The summed E-state index contributed by atoms with van der Waals surface area (Å²) < 4.78 is 27.7. The maximum absolute atomic E-state index is 12.5. The van der Waals surface area contributed by atoms with E-state index in [1.165, 1.54) is 5.56 Å². The highest BCUT2D eigenvalue weighted by molar-refractivity contribution is 7.92. The molecule has 0 aliphatic heterocycles. The van der Waals surface area contributed by atoms with Gasteiger partial charge in [-0.2, -0.15) is 0 Å². The van der Waals surface area contributed by atoms with Gasteiger partial charge in [0.2, 0.25) is 0 Å². The van der Waals surface area contributed by atoms with Gasteiger partial charge in [-0.3, -0.25) is 4.72 Å². The van der Waals surface area contributed by atoms with Gasteiger partial charge in [0.1, 0.15) is 0 Å². The van der Waals surface area contributed by atoms with Crippen LogP contribution in [0.1, 0.15) is 16.7 Å². The van der Waals surface area contributed by atoms with Crippen molar-refractivity contribution in [2.45, 2.75) is 18.2 Å². The Labute approximate surface area is 143 Å². The van der Waals surface area contributed by atoms with Crippen LogP contribution < -0.4 is 4.72 Å². The molecule has 0 aromatic heterocycles. The van der Waals surface area contributed by atoms with Gasteiger partial charge in [0.05, 0.1) is 4.90 Å². The number of hydrogen-bond acceptors (Lipinski definition) is 2. The molecule has 0 atom stereocenters. The second kappa shape index (κ2) is 6.89. The van der Waals surface area contributed by atoms with Crippen LogP contribution in [0.2, 0.25) is 0 Å². The summed E-state index contributed by atoms with van der Waals surface area (Å²) >= 11 is 0. The van der Waals surface area contributed by atoms with Crippen molar-refractivity contribution >= 4 is 15.7 Å². The van der Waals surface area contributed by atoms with E-state index >= 15 is 0 Å². The summed E-state index contributed by atoms with van der Waals surface area (Å²) in [6.07, 6.45) is 0.765. The minimum absolute atomic E-state index is 0.274. The number of sulfonamides is 1. The summed E-state index contributed by atoms with van der Waals surface area (Å²) in [6, 6.07) is 24.5. The van der Waals surface area contributed by atoms with Crippen molar-refractivity contribution < 1.29 is 8.42 Å². The molecule has 122 valence electrons. The molecule has 0 aliphatic carbocycles. The van der Waals surface area contributed by atoms with Crippen LogP contribution in [-0.4, -0.2) is 8.42 Å². The first-order chi connectivity index (χ1) is 11.5. The van der Waals surface area contributed by atoms with Crippen molar-refractivity contribution in [3.05, 3.63) is 95.6 Å². The normalized spacial score (nSPS) is 11.2. The Hall–Kier alpha value is -2.59. The van der Waals surface area contributed by atoms with Crippen LogP contribution in [0.15, 0.2) is 83.8 Å². The summed E-state index contributed by atoms with van der Waals surface area (Å²) in [6.45, 7) is 1.87. The van der Waals surface area contributed by atoms with E-state index in [0.29, 0.717) is 5.69 Å². The molecule has 24 heavy (non-hydrogen) atoms. The Morgan fingerprint density at radius 3 is 2.25 bits per heavy atom. The molecule has 0 spiro atoms. The number of benzene rings is 3. The van der Waals surface area contributed by atoms with Gasteiger partial charge in [0.25, 0.3) is 10.0 Å². The molecule has 0 heterocycles. The van der Waals surface area contributed by atoms with Crippen LogP contribution in [0.5, 0.6) is 0 Å². The third-order valence-corrected chi connectivity index (χ3v) is 5.11. The third kappa shape index (κ3) is 4.03. The van der Waals surface area contributed by atoms with E-state index in [-0.39, 0.29) is 4.90 Å². The Bertz CT molecular complexity index is 935. The molecule has 4 heteroatoms. The summed E-state index contributed by atoms with van der Waals surface area (Å²) in [5.74, 6) is 0. The average molecular weight is 337 g/mol. The lowest BCUT2D eigenvalue weighted by molar-refractivity contribution is 0.601. The van der Waals surface area contributed by atoms with Crippen LogP contribution in [0.4, 0.5) is 5.69 Å². The molecule has 3 aromatic rings. The highest BCUT2D eigenvalue weighted by Crippen LogP contribution is 2.19. The molecule has 0 bridgehead atoms. The molecule has 3 aromatic carbocycles. The molecule has 0 radical (unpaired) electrons. The number of anilines is 1. The smallest absolute Gasteiger partial charge is 0.261 e. The van der Waals surface area contributed by atoms with Crippen molar-refractivity contribution in [3.8, 4) is 0 Å². The molecular formula is C20H19NO2S. The van der Waals surface area contributed by atoms with Gasteiger partial charge < -0.3 is 0 Å².